The molecule has 1 aromatic carbocycles. The molecule has 0 aliphatic carbocycles. The molecule has 0 saturated carbocycles. The molecule has 7 nitrogen and oxygen atoms in total. The zero-order valence-electron chi connectivity index (χ0n) is 21.5. The van der Waals surface area contributed by atoms with E-state index in [0.29, 0.717) is 30.3 Å². The molecule has 0 bridgehead atoms. The molecule has 4 rings (SSSR count). The maximum Gasteiger partial charge on any atom is 0.340 e. The van der Waals surface area contributed by atoms with Crippen LogP contribution in [0.4, 0.5) is 17.2 Å². The molecule has 0 radical (unpaired) electrons. The lowest BCUT2D eigenvalue weighted by Crippen LogP contribution is -2.22. The van der Waals surface area contributed by atoms with Gasteiger partial charge in [0.15, 0.2) is 0 Å². The molecule has 7 heteroatoms. The van der Waals surface area contributed by atoms with Crippen molar-refractivity contribution in [3.05, 3.63) is 71.7 Å². The second-order valence-corrected chi connectivity index (χ2v) is 8.51. The highest BCUT2D eigenvalue weighted by Gasteiger charge is 2.23. The maximum atomic E-state index is 12.0. The van der Waals surface area contributed by atoms with E-state index in [9.17, 15) is 4.79 Å². The number of nitrogens with one attached hydrogen (secondary N) is 1. The number of carbonyl (C=O) groups excluding carboxylic acids is 1. The van der Waals surface area contributed by atoms with E-state index >= 15 is 0 Å². The van der Waals surface area contributed by atoms with Gasteiger partial charge in [0.05, 0.1) is 31.2 Å². The molecular formula is C28H38N4O3. The van der Waals surface area contributed by atoms with Crippen LogP contribution in [0.25, 0.3) is 0 Å². The zero-order valence-corrected chi connectivity index (χ0v) is 21.5. The topological polar surface area (TPSA) is 76.6 Å². The van der Waals surface area contributed by atoms with Crippen LogP contribution in [0, 0.1) is 0 Å². The Morgan fingerprint density at radius 3 is 2.71 bits per heavy atom. The minimum atomic E-state index is -0.380. The number of rotatable bonds is 7. The van der Waals surface area contributed by atoms with Gasteiger partial charge in [-0.1, -0.05) is 39.8 Å². The van der Waals surface area contributed by atoms with Gasteiger partial charge >= 0.3 is 5.97 Å². The molecule has 2 aromatic heterocycles. The van der Waals surface area contributed by atoms with Crippen molar-refractivity contribution in [1.82, 2.24) is 9.97 Å². The summed E-state index contributed by atoms with van der Waals surface area (Å²) in [5, 5.41) is 3.38. The van der Waals surface area contributed by atoms with Crippen molar-refractivity contribution in [3.8, 4) is 5.75 Å². The molecule has 0 amide bonds. The van der Waals surface area contributed by atoms with Crippen LogP contribution in [0.5, 0.6) is 5.75 Å². The minimum Gasteiger partial charge on any atom is -0.493 e. The number of esters is 1. The van der Waals surface area contributed by atoms with Gasteiger partial charge in [-0.05, 0) is 41.7 Å². The lowest BCUT2D eigenvalue weighted by Gasteiger charge is -2.28. The third-order valence-electron chi connectivity index (χ3n) is 6.09. The number of nitrogens with zero attached hydrogens (tertiary/aromatic N) is 3. The Morgan fingerprint density at radius 2 is 2.03 bits per heavy atom. The highest BCUT2D eigenvalue weighted by Crippen LogP contribution is 2.37. The van der Waals surface area contributed by atoms with Crippen LogP contribution in [0.3, 0.4) is 0 Å². The zero-order chi connectivity index (χ0) is 25.4. The summed E-state index contributed by atoms with van der Waals surface area (Å²) in [6.07, 6.45) is 6.07. The average molecular weight is 479 g/mol. The Balaban J connectivity index is 0.00000148. The predicted octanol–water partition coefficient (Wildman–Crippen LogP) is 6.40. The lowest BCUT2D eigenvalue weighted by atomic mass is 9.92. The Hall–Kier alpha value is -3.61. The number of methoxy groups -OCH3 is 1. The molecule has 0 spiro atoms. The SMILES string of the molecule is CC.COC(=O)c1ccncc1NC[C@@H]1CCOc2cc(N(C)c3ccc(C(C)C)cn3)ccc21.[HH]. The number of benzene rings is 1. The molecule has 1 N–H and O–H groups in total. The number of pyridine rings is 2. The van der Waals surface area contributed by atoms with Gasteiger partial charge in [0, 0.05) is 45.1 Å². The lowest BCUT2D eigenvalue weighted by molar-refractivity contribution is 0.0601. The summed E-state index contributed by atoms with van der Waals surface area (Å²) in [4.78, 5) is 22.9. The van der Waals surface area contributed by atoms with E-state index in [-0.39, 0.29) is 13.3 Å². The van der Waals surface area contributed by atoms with E-state index in [2.05, 4.69) is 64.4 Å². The third kappa shape index (κ3) is 6.10. The van der Waals surface area contributed by atoms with Crippen LogP contribution < -0.4 is 15.0 Å². The number of ether oxygens (including phenoxy) is 2. The van der Waals surface area contributed by atoms with Crippen LogP contribution in [0.1, 0.15) is 68.9 Å². The van der Waals surface area contributed by atoms with Crippen molar-refractivity contribution in [2.45, 2.75) is 46.0 Å². The van der Waals surface area contributed by atoms with Crippen molar-refractivity contribution in [3.63, 3.8) is 0 Å². The van der Waals surface area contributed by atoms with E-state index in [1.54, 1.807) is 18.5 Å². The molecular weight excluding hydrogens is 440 g/mol. The van der Waals surface area contributed by atoms with Gasteiger partial charge in [0.2, 0.25) is 0 Å². The molecule has 0 unspecified atom stereocenters. The van der Waals surface area contributed by atoms with Crippen LogP contribution in [-0.2, 0) is 4.74 Å². The summed E-state index contributed by atoms with van der Waals surface area (Å²) in [7, 11) is 3.39. The highest BCUT2D eigenvalue weighted by molar-refractivity contribution is 5.95. The van der Waals surface area contributed by atoms with E-state index in [0.717, 1.165) is 29.2 Å². The number of anilines is 3. The number of aromatic nitrogens is 2. The van der Waals surface area contributed by atoms with Crippen molar-refractivity contribution in [1.29, 1.82) is 0 Å². The molecule has 0 fully saturated rings. The molecule has 1 aliphatic rings. The minimum absolute atomic E-state index is 0. The number of fused-ring (bicyclic) bond motifs is 1. The fourth-order valence-corrected chi connectivity index (χ4v) is 4.00. The summed E-state index contributed by atoms with van der Waals surface area (Å²) in [5.74, 6) is 2.10. The van der Waals surface area contributed by atoms with Gasteiger partial charge in [-0.15, -0.1) is 0 Å². The van der Waals surface area contributed by atoms with Gasteiger partial charge in [-0.25, -0.2) is 9.78 Å². The van der Waals surface area contributed by atoms with E-state index < -0.39 is 0 Å². The fourth-order valence-electron chi connectivity index (χ4n) is 4.00. The smallest absolute Gasteiger partial charge is 0.340 e. The molecule has 0 saturated heterocycles. The van der Waals surface area contributed by atoms with Crippen LogP contribution >= 0.6 is 0 Å². The van der Waals surface area contributed by atoms with Crippen LogP contribution in [-0.4, -0.2) is 43.2 Å². The van der Waals surface area contributed by atoms with Crippen LogP contribution in [0.15, 0.2) is 55.0 Å². The first-order valence-electron chi connectivity index (χ1n) is 12.2. The van der Waals surface area contributed by atoms with Crippen molar-refractivity contribution in [2.24, 2.45) is 0 Å². The molecule has 3 heterocycles. The summed E-state index contributed by atoms with van der Waals surface area (Å²) < 4.78 is 10.9. The van der Waals surface area contributed by atoms with Gasteiger partial charge in [0.1, 0.15) is 11.6 Å². The van der Waals surface area contributed by atoms with Crippen molar-refractivity contribution < 1.29 is 15.7 Å². The van der Waals surface area contributed by atoms with E-state index in [1.165, 1.54) is 12.7 Å². The second-order valence-electron chi connectivity index (χ2n) is 8.51. The fraction of sp³-hybridized carbons (Fsp3) is 0.393. The Kier molecular flexibility index (Phi) is 9.06. The summed E-state index contributed by atoms with van der Waals surface area (Å²) in [6, 6.07) is 12.1. The largest absolute Gasteiger partial charge is 0.493 e. The first-order chi connectivity index (χ1) is 17.0. The molecule has 1 aliphatic heterocycles. The monoisotopic (exact) mass is 478 g/mol. The molecule has 3 aromatic rings. The van der Waals surface area contributed by atoms with E-state index in [1.807, 2.05) is 27.1 Å². The van der Waals surface area contributed by atoms with E-state index in [4.69, 9.17) is 9.47 Å². The standard InChI is InChI=1S/C26H30N4O3.C2H6.H2/c1-17(2)18-5-8-25(29-14-18)30(3)20-6-7-21-19(10-12-33-24(21)13-20)15-28-23-16-27-11-9-22(23)26(31)32-4;1-2;/h5-9,11,13-14,16-17,19,28H,10,12,15H2,1-4H3;1-2H3;1H/t19-;;/m0../s1. The molecule has 1 atom stereocenters. The molecule has 188 valence electrons. The summed E-state index contributed by atoms with van der Waals surface area (Å²) >= 11 is 0. The summed E-state index contributed by atoms with van der Waals surface area (Å²) in [6.45, 7) is 9.64. The van der Waals surface area contributed by atoms with Crippen molar-refractivity contribution in [2.75, 3.05) is 37.5 Å². The first kappa shape index (κ1) is 26.0. The highest BCUT2D eigenvalue weighted by atomic mass is 16.5. The van der Waals surface area contributed by atoms with Crippen LogP contribution in [0.2, 0.25) is 0 Å². The molecule has 35 heavy (non-hydrogen) atoms. The Bertz CT molecular complexity index is 1120. The van der Waals surface area contributed by atoms with Gasteiger partial charge in [0.25, 0.3) is 0 Å². The first-order valence-corrected chi connectivity index (χ1v) is 12.2. The number of carbonyl (C=O) groups is 1. The average Bonchev–Trinajstić information content (AvgIpc) is 2.92. The number of hydrogen-bond acceptors (Lipinski definition) is 7. The predicted molar refractivity (Wildman–Crippen MR) is 143 cm³/mol. The Morgan fingerprint density at radius 1 is 1.23 bits per heavy atom. The Labute approximate surface area is 210 Å². The summed E-state index contributed by atoms with van der Waals surface area (Å²) in [5.41, 5.74) is 4.54. The normalized spacial score (nSPS) is 14.2. The number of hydrogen-bond donors (Lipinski definition) is 1. The maximum absolute atomic E-state index is 12.0. The van der Waals surface area contributed by atoms with Gasteiger partial charge in [-0.2, -0.15) is 0 Å². The third-order valence-corrected chi connectivity index (χ3v) is 6.09. The van der Waals surface area contributed by atoms with Gasteiger partial charge in [-0.3, -0.25) is 4.98 Å². The van der Waals surface area contributed by atoms with Gasteiger partial charge < -0.3 is 19.7 Å². The quantitative estimate of drug-likeness (QED) is 0.393. The van der Waals surface area contributed by atoms with Crippen molar-refractivity contribution >= 4 is 23.2 Å². The second kappa shape index (κ2) is 12.2.